The zero-order valence-corrected chi connectivity index (χ0v) is 9.18. The molecule has 0 bridgehead atoms. The summed E-state index contributed by atoms with van der Waals surface area (Å²) in [5.41, 5.74) is 0. The molecule has 0 aromatic carbocycles. The monoisotopic (exact) mass is 184 g/mol. The molecular formula is C11H24N2. The van der Waals surface area contributed by atoms with E-state index >= 15 is 0 Å². The molecule has 2 heteroatoms. The van der Waals surface area contributed by atoms with Gasteiger partial charge in [-0.3, -0.25) is 0 Å². The Morgan fingerprint density at radius 2 is 2.31 bits per heavy atom. The van der Waals surface area contributed by atoms with Crippen molar-refractivity contribution in [3.8, 4) is 0 Å². The van der Waals surface area contributed by atoms with Gasteiger partial charge in [-0.05, 0) is 51.9 Å². The molecule has 1 N–H and O–H groups in total. The highest BCUT2D eigenvalue weighted by molar-refractivity contribution is 4.71. The SMILES string of the molecule is CCCCN(C)C[C@@H]1CCCNC1. The van der Waals surface area contributed by atoms with Crippen LogP contribution in [0, 0.1) is 5.92 Å². The van der Waals surface area contributed by atoms with Gasteiger partial charge in [-0.15, -0.1) is 0 Å². The maximum atomic E-state index is 3.47. The Bertz CT molecular complexity index is 119. The van der Waals surface area contributed by atoms with Gasteiger partial charge in [0.2, 0.25) is 0 Å². The molecule has 0 aromatic heterocycles. The van der Waals surface area contributed by atoms with Gasteiger partial charge in [0.25, 0.3) is 0 Å². The summed E-state index contributed by atoms with van der Waals surface area (Å²) in [6.45, 7) is 7.28. The number of hydrogen-bond donors (Lipinski definition) is 1. The molecule has 1 aliphatic heterocycles. The molecule has 0 saturated carbocycles. The molecule has 1 heterocycles. The number of piperidine rings is 1. The van der Waals surface area contributed by atoms with E-state index in [4.69, 9.17) is 0 Å². The third kappa shape index (κ3) is 4.63. The minimum atomic E-state index is 0.899. The van der Waals surface area contributed by atoms with Crippen molar-refractivity contribution in [1.29, 1.82) is 0 Å². The summed E-state index contributed by atoms with van der Waals surface area (Å²) >= 11 is 0. The van der Waals surface area contributed by atoms with Crippen LogP contribution in [0.2, 0.25) is 0 Å². The van der Waals surface area contributed by atoms with Gasteiger partial charge in [0.15, 0.2) is 0 Å². The summed E-state index contributed by atoms with van der Waals surface area (Å²) in [5, 5.41) is 3.47. The second-order valence-corrected chi connectivity index (χ2v) is 4.33. The van der Waals surface area contributed by atoms with Gasteiger partial charge >= 0.3 is 0 Å². The van der Waals surface area contributed by atoms with E-state index in [0.29, 0.717) is 0 Å². The first-order valence-corrected chi connectivity index (χ1v) is 5.72. The quantitative estimate of drug-likeness (QED) is 0.700. The molecule has 78 valence electrons. The van der Waals surface area contributed by atoms with Crippen molar-refractivity contribution in [3.05, 3.63) is 0 Å². The average molecular weight is 184 g/mol. The predicted molar refractivity (Wildman–Crippen MR) is 58.0 cm³/mol. The van der Waals surface area contributed by atoms with E-state index in [1.807, 2.05) is 0 Å². The molecule has 0 aromatic rings. The molecular weight excluding hydrogens is 160 g/mol. The van der Waals surface area contributed by atoms with Crippen molar-refractivity contribution < 1.29 is 0 Å². The van der Waals surface area contributed by atoms with Gasteiger partial charge in [-0.25, -0.2) is 0 Å². The first-order valence-electron chi connectivity index (χ1n) is 5.72. The minimum absolute atomic E-state index is 0.899. The second-order valence-electron chi connectivity index (χ2n) is 4.33. The number of nitrogens with zero attached hydrogens (tertiary/aromatic N) is 1. The van der Waals surface area contributed by atoms with Crippen LogP contribution in [-0.4, -0.2) is 38.1 Å². The van der Waals surface area contributed by atoms with Gasteiger partial charge in [-0.1, -0.05) is 13.3 Å². The molecule has 2 nitrogen and oxygen atoms in total. The van der Waals surface area contributed by atoms with E-state index < -0.39 is 0 Å². The number of hydrogen-bond acceptors (Lipinski definition) is 2. The Balaban J connectivity index is 2.07. The summed E-state index contributed by atoms with van der Waals surface area (Å²) in [6.07, 6.45) is 5.44. The molecule has 1 atom stereocenters. The van der Waals surface area contributed by atoms with Crippen LogP contribution in [-0.2, 0) is 0 Å². The molecule has 1 saturated heterocycles. The maximum absolute atomic E-state index is 3.47. The lowest BCUT2D eigenvalue weighted by molar-refractivity contribution is 0.241. The molecule has 1 aliphatic rings. The third-order valence-electron chi connectivity index (χ3n) is 2.86. The van der Waals surface area contributed by atoms with Crippen molar-refractivity contribution in [2.45, 2.75) is 32.6 Å². The highest BCUT2D eigenvalue weighted by atomic mass is 15.1. The topological polar surface area (TPSA) is 15.3 Å². The van der Waals surface area contributed by atoms with Crippen LogP contribution in [0.3, 0.4) is 0 Å². The van der Waals surface area contributed by atoms with Crippen molar-refractivity contribution in [3.63, 3.8) is 0 Å². The largest absolute Gasteiger partial charge is 0.316 e. The standard InChI is InChI=1S/C11H24N2/c1-3-4-8-13(2)10-11-6-5-7-12-9-11/h11-12H,3-10H2,1-2H3/t11-/m1/s1. The van der Waals surface area contributed by atoms with E-state index in [9.17, 15) is 0 Å². The molecule has 1 rings (SSSR count). The molecule has 0 radical (unpaired) electrons. The van der Waals surface area contributed by atoms with Crippen LogP contribution in [0.1, 0.15) is 32.6 Å². The van der Waals surface area contributed by atoms with Crippen LogP contribution in [0.5, 0.6) is 0 Å². The zero-order valence-electron chi connectivity index (χ0n) is 9.18. The molecule has 0 aliphatic carbocycles. The van der Waals surface area contributed by atoms with Gasteiger partial charge in [0, 0.05) is 6.54 Å². The molecule has 1 fully saturated rings. The lowest BCUT2D eigenvalue weighted by Crippen LogP contribution is -2.37. The summed E-state index contributed by atoms with van der Waals surface area (Å²) in [6, 6.07) is 0. The summed E-state index contributed by atoms with van der Waals surface area (Å²) in [7, 11) is 2.25. The Kier molecular flexibility index (Phi) is 5.40. The minimum Gasteiger partial charge on any atom is -0.316 e. The Labute approximate surface area is 82.7 Å². The predicted octanol–water partition coefficient (Wildman–Crippen LogP) is 1.72. The highest BCUT2D eigenvalue weighted by Gasteiger charge is 2.14. The number of rotatable bonds is 5. The average Bonchev–Trinajstić information content (AvgIpc) is 2.16. The molecule has 13 heavy (non-hydrogen) atoms. The van der Waals surface area contributed by atoms with Gasteiger partial charge in [-0.2, -0.15) is 0 Å². The fraction of sp³-hybridized carbons (Fsp3) is 1.00. The van der Waals surface area contributed by atoms with Crippen LogP contribution in [0.4, 0.5) is 0 Å². The normalized spacial score (nSPS) is 23.8. The highest BCUT2D eigenvalue weighted by Crippen LogP contribution is 2.11. The van der Waals surface area contributed by atoms with Crippen molar-refractivity contribution in [1.82, 2.24) is 10.2 Å². The van der Waals surface area contributed by atoms with Gasteiger partial charge in [0.05, 0.1) is 0 Å². The summed E-state index contributed by atoms with van der Waals surface area (Å²) < 4.78 is 0. The Morgan fingerprint density at radius 1 is 1.46 bits per heavy atom. The van der Waals surface area contributed by atoms with Gasteiger partial charge < -0.3 is 10.2 Å². The first kappa shape index (κ1) is 11.0. The Morgan fingerprint density at radius 3 is 2.92 bits per heavy atom. The van der Waals surface area contributed by atoms with E-state index in [2.05, 4.69) is 24.2 Å². The summed E-state index contributed by atoms with van der Waals surface area (Å²) in [5.74, 6) is 0.899. The number of nitrogens with one attached hydrogen (secondary N) is 1. The number of unbranched alkanes of at least 4 members (excludes halogenated alkanes) is 1. The van der Waals surface area contributed by atoms with Crippen molar-refractivity contribution in [2.24, 2.45) is 5.92 Å². The molecule has 0 unspecified atom stereocenters. The van der Waals surface area contributed by atoms with Crippen LogP contribution < -0.4 is 5.32 Å². The maximum Gasteiger partial charge on any atom is 0.00187 e. The molecule has 0 amide bonds. The fourth-order valence-electron chi connectivity index (χ4n) is 2.04. The summed E-state index contributed by atoms with van der Waals surface area (Å²) in [4.78, 5) is 2.49. The second kappa shape index (κ2) is 6.39. The van der Waals surface area contributed by atoms with E-state index in [1.165, 1.54) is 51.9 Å². The lowest BCUT2D eigenvalue weighted by atomic mass is 9.99. The van der Waals surface area contributed by atoms with Crippen LogP contribution in [0.25, 0.3) is 0 Å². The van der Waals surface area contributed by atoms with Crippen LogP contribution >= 0.6 is 0 Å². The zero-order chi connectivity index (χ0) is 9.52. The smallest absolute Gasteiger partial charge is 0.00187 e. The Hall–Kier alpha value is -0.0800. The molecule has 0 spiro atoms. The lowest BCUT2D eigenvalue weighted by Gasteiger charge is -2.27. The fourth-order valence-corrected chi connectivity index (χ4v) is 2.04. The first-order chi connectivity index (χ1) is 6.33. The van der Waals surface area contributed by atoms with E-state index in [0.717, 1.165) is 5.92 Å². The van der Waals surface area contributed by atoms with E-state index in [1.54, 1.807) is 0 Å². The van der Waals surface area contributed by atoms with Gasteiger partial charge in [0.1, 0.15) is 0 Å². The van der Waals surface area contributed by atoms with Crippen LogP contribution in [0.15, 0.2) is 0 Å². The van der Waals surface area contributed by atoms with E-state index in [-0.39, 0.29) is 0 Å². The van der Waals surface area contributed by atoms with Crippen molar-refractivity contribution in [2.75, 3.05) is 33.2 Å². The third-order valence-corrected chi connectivity index (χ3v) is 2.86. The van der Waals surface area contributed by atoms with Crippen molar-refractivity contribution >= 4 is 0 Å².